The van der Waals surface area contributed by atoms with Crippen LogP contribution in [0.5, 0.6) is 0 Å². The topological polar surface area (TPSA) is 26.7 Å². The summed E-state index contributed by atoms with van der Waals surface area (Å²) in [6.45, 7) is 2.07. The molecule has 0 bridgehead atoms. The molecule has 0 amide bonds. The van der Waals surface area contributed by atoms with Gasteiger partial charge in [-0.2, -0.15) is 0 Å². The Bertz CT molecular complexity index is 426. The smallest absolute Gasteiger partial charge is 0.0919 e. The van der Waals surface area contributed by atoms with Crippen LogP contribution in [0.1, 0.15) is 18.4 Å². The second-order valence-electron chi connectivity index (χ2n) is 5.05. The highest BCUT2D eigenvalue weighted by Gasteiger charge is 2.45. The van der Waals surface area contributed by atoms with Gasteiger partial charge in [0, 0.05) is 32.7 Å². The van der Waals surface area contributed by atoms with E-state index in [1.807, 2.05) is 0 Å². The number of rotatable bonds is 1. The maximum Gasteiger partial charge on any atom is 0.0919 e. The Hall–Kier alpha value is -1.22. The Morgan fingerprint density at radius 3 is 2.50 bits per heavy atom. The number of benzene rings is 1. The fourth-order valence-electron chi connectivity index (χ4n) is 2.54. The van der Waals surface area contributed by atoms with Crippen molar-refractivity contribution in [2.45, 2.75) is 18.4 Å². The van der Waals surface area contributed by atoms with Gasteiger partial charge in [-0.05, 0) is 18.9 Å². The van der Waals surface area contributed by atoms with Crippen LogP contribution in [0.15, 0.2) is 18.2 Å². The SMILES string of the molecule is CN1CCN(C)c2c1cccc2C1(O)CC1. The second kappa shape index (κ2) is 3.14. The summed E-state index contributed by atoms with van der Waals surface area (Å²) in [6, 6.07) is 6.27. The van der Waals surface area contributed by atoms with Crippen molar-refractivity contribution >= 4 is 11.4 Å². The molecule has 1 heterocycles. The highest BCUT2D eigenvalue weighted by Crippen LogP contribution is 2.51. The van der Waals surface area contributed by atoms with Crippen LogP contribution in [-0.4, -0.2) is 32.3 Å². The molecular formula is C13H18N2O. The maximum atomic E-state index is 10.3. The lowest BCUT2D eigenvalue weighted by molar-refractivity contribution is 0.152. The normalized spacial score (nSPS) is 21.9. The first-order chi connectivity index (χ1) is 7.62. The first-order valence-electron chi connectivity index (χ1n) is 5.90. The molecule has 3 rings (SSSR count). The predicted octanol–water partition coefficient (Wildman–Crippen LogP) is 1.55. The zero-order valence-electron chi connectivity index (χ0n) is 9.90. The molecular weight excluding hydrogens is 200 g/mol. The highest BCUT2D eigenvalue weighted by atomic mass is 16.3. The van der Waals surface area contributed by atoms with Gasteiger partial charge >= 0.3 is 0 Å². The summed E-state index contributed by atoms with van der Waals surface area (Å²) in [5, 5.41) is 10.3. The fourth-order valence-corrected chi connectivity index (χ4v) is 2.54. The molecule has 1 aromatic carbocycles. The summed E-state index contributed by atoms with van der Waals surface area (Å²) >= 11 is 0. The van der Waals surface area contributed by atoms with Gasteiger partial charge < -0.3 is 14.9 Å². The molecule has 86 valence electrons. The molecule has 1 N–H and O–H groups in total. The molecule has 0 spiro atoms. The van der Waals surface area contributed by atoms with Crippen molar-refractivity contribution in [1.82, 2.24) is 0 Å². The Kier molecular flexibility index (Phi) is 1.96. The number of nitrogens with zero attached hydrogens (tertiary/aromatic N) is 2. The average Bonchev–Trinajstić information content (AvgIpc) is 3.03. The van der Waals surface area contributed by atoms with E-state index in [0.717, 1.165) is 31.5 Å². The quantitative estimate of drug-likeness (QED) is 0.775. The molecule has 1 saturated carbocycles. The number of anilines is 2. The molecule has 16 heavy (non-hydrogen) atoms. The van der Waals surface area contributed by atoms with E-state index in [4.69, 9.17) is 0 Å². The van der Waals surface area contributed by atoms with Crippen LogP contribution < -0.4 is 9.80 Å². The van der Waals surface area contributed by atoms with Gasteiger partial charge in [-0.1, -0.05) is 12.1 Å². The number of para-hydroxylation sites is 1. The second-order valence-corrected chi connectivity index (χ2v) is 5.05. The van der Waals surface area contributed by atoms with Gasteiger partial charge in [0.2, 0.25) is 0 Å². The standard InChI is InChI=1S/C13H18N2O/c1-14-8-9-15(2)12-10(13(16)6-7-13)4-3-5-11(12)14/h3-5,16H,6-9H2,1-2H3. The Labute approximate surface area is 96.3 Å². The molecule has 0 aromatic heterocycles. The lowest BCUT2D eigenvalue weighted by Crippen LogP contribution is -2.38. The summed E-state index contributed by atoms with van der Waals surface area (Å²) in [4.78, 5) is 4.53. The van der Waals surface area contributed by atoms with Crippen molar-refractivity contribution < 1.29 is 5.11 Å². The van der Waals surface area contributed by atoms with E-state index < -0.39 is 5.60 Å². The summed E-state index contributed by atoms with van der Waals surface area (Å²) in [6.07, 6.45) is 1.81. The van der Waals surface area contributed by atoms with E-state index in [-0.39, 0.29) is 0 Å². The summed E-state index contributed by atoms with van der Waals surface area (Å²) in [7, 11) is 4.23. The minimum atomic E-state index is -0.544. The molecule has 3 nitrogen and oxygen atoms in total. The van der Waals surface area contributed by atoms with Gasteiger partial charge in [0.1, 0.15) is 0 Å². The Morgan fingerprint density at radius 1 is 1.12 bits per heavy atom. The van der Waals surface area contributed by atoms with Crippen LogP contribution in [0.25, 0.3) is 0 Å². The first-order valence-corrected chi connectivity index (χ1v) is 5.90. The number of hydrogen-bond acceptors (Lipinski definition) is 3. The number of aliphatic hydroxyl groups is 1. The van der Waals surface area contributed by atoms with Gasteiger partial charge in [0.25, 0.3) is 0 Å². The number of hydrogen-bond donors (Lipinski definition) is 1. The molecule has 0 unspecified atom stereocenters. The van der Waals surface area contributed by atoms with Crippen LogP contribution in [-0.2, 0) is 5.60 Å². The van der Waals surface area contributed by atoms with E-state index in [2.05, 4.69) is 42.1 Å². The summed E-state index contributed by atoms with van der Waals surface area (Å²) < 4.78 is 0. The molecule has 0 radical (unpaired) electrons. The monoisotopic (exact) mass is 218 g/mol. The minimum Gasteiger partial charge on any atom is -0.385 e. The van der Waals surface area contributed by atoms with Crippen LogP contribution in [0.4, 0.5) is 11.4 Å². The van der Waals surface area contributed by atoms with Crippen LogP contribution in [0.3, 0.4) is 0 Å². The average molecular weight is 218 g/mol. The zero-order chi connectivity index (χ0) is 11.3. The Morgan fingerprint density at radius 2 is 1.81 bits per heavy atom. The predicted molar refractivity (Wildman–Crippen MR) is 66.1 cm³/mol. The van der Waals surface area contributed by atoms with E-state index in [0.29, 0.717) is 0 Å². The van der Waals surface area contributed by atoms with E-state index >= 15 is 0 Å². The van der Waals surface area contributed by atoms with Crippen LogP contribution in [0.2, 0.25) is 0 Å². The third kappa shape index (κ3) is 1.31. The molecule has 0 atom stereocenters. The molecule has 2 aliphatic rings. The number of fused-ring (bicyclic) bond motifs is 1. The third-order valence-corrected chi connectivity index (χ3v) is 3.80. The minimum absolute atomic E-state index is 0.544. The molecule has 1 aliphatic carbocycles. The molecule has 0 saturated heterocycles. The van der Waals surface area contributed by atoms with Crippen LogP contribution in [0, 0.1) is 0 Å². The highest BCUT2D eigenvalue weighted by molar-refractivity contribution is 5.77. The zero-order valence-corrected chi connectivity index (χ0v) is 9.90. The van der Waals surface area contributed by atoms with E-state index in [9.17, 15) is 5.11 Å². The van der Waals surface area contributed by atoms with Crippen LogP contribution >= 0.6 is 0 Å². The number of likely N-dealkylation sites (N-methyl/N-ethyl adjacent to an activating group) is 2. The van der Waals surface area contributed by atoms with Crippen molar-refractivity contribution in [3.63, 3.8) is 0 Å². The largest absolute Gasteiger partial charge is 0.385 e. The van der Waals surface area contributed by atoms with Gasteiger partial charge in [0.05, 0.1) is 17.0 Å². The lowest BCUT2D eigenvalue weighted by atomic mass is 10.0. The van der Waals surface area contributed by atoms with Crippen molar-refractivity contribution in [3.8, 4) is 0 Å². The molecule has 1 aromatic rings. The van der Waals surface area contributed by atoms with Gasteiger partial charge in [-0.3, -0.25) is 0 Å². The van der Waals surface area contributed by atoms with E-state index in [1.165, 1.54) is 11.4 Å². The van der Waals surface area contributed by atoms with Crippen molar-refractivity contribution in [3.05, 3.63) is 23.8 Å². The van der Waals surface area contributed by atoms with Crippen molar-refractivity contribution in [2.24, 2.45) is 0 Å². The first kappa shape index (κ1) is 9.97. The summed E-state index contributed by atoms with van der Waals surface area (Å²) in [5.41, 5.74) is 3.03. The summed E-state index contributed by atoms with van der Waals surface area (Å²) in [5.74, 6) is 0. The molecule has 1 fully saturated rings. The lowest BCUT2D eigenvalue weighted by Gasteiger charge is -2.37. The van der Waals surface area contributed by atoms with Gasteiger partial charge in [-0.25, -0.2) is 0 Å². The van der Waals surface area contributed by atoms with Crippen molar-refractivity contribution in [1.29, 1.82) is 0 Å². The van der Waals surface area contributed by atoms with Crippen molar-refractivity contribution in [2.75, 3.05) is 37.0 Å². The fraction of sp³-hybridized carbons (Fsp3) is 0.538. The van der Waals surface area contributed by atoms with Gasteiger partial charge in [-0.15, -0.1) is 0 Å². The molecule has 3 heteroatoms. The third-order valence-electron chi connectivity index (χ3n) is 3.80. The maximum absolute atomic E-state index is 10.3. The van der Waals surface area contributed by atoms with E-state index in [1.54, 1.807) is 0 Å². The Balaban J connectivity index is 2.16. The van der Waals surface area contributed by atoms with Gasteiger partial charge in [0.15, 0.2) is 0 Å². The molecule has 1 aliphatic heterocycles.